The zero-order chi connectivity index (χ0) is 20.3. The number of hydrogen-bond donors (Lipinski definition) is 1. The summed E-state index contributed by atoms with van der Waals surface area (Å²) in [5.41, 5.74) is 1.55. The third kappa shape index (κ3) is 4.65. The zero-order valence-electron chi connectivity index (χ0n) is 15.9. The van der Waals surface area contributed by atoms with Crippen LogP contribution in [-0.2, 0) is 27.7 Å². The largest absolute Gasteiger partial charge is 0.302 e. The highest BCUT2D eigenvalue weighted by molar-refractivity contribution is 7.89. The number of fused-ring (bicyclic) bond motifs is 1. The number of carbonyl (C=O) groups is 2. The number of hydrogen-bond acceptors (Lipinski definition) is 6. The van der Waals surface area contributed by atoms with Crippen LogP contribution in [0.3, 0.4) is 0 Å². The van der Waals surface area contributed by atoms with Crippen LogP contribution < -0.4 is 5.32 Å². The van der Waals surface area contributed by atoms with Crippen molar-refractivity contribution in [1.29, 1.82) is 0 Å². The average molecular weight is 422 g/mol. The second-order valence-corrected chi connectivity index (χ2v) is 9.93. The summed E-state index contributed by atoms with van der Waals surface area (Å²) in [5.74, 6) is -0.280. The Balaban J connectivity index is 1.50. The molecule has 0 atom stereocenters. The fourth-order valence-electron chi connectivity index (χ4n) is 3.05. The third-order valence-corrected chi connectivity index (χ3v) is 7.63. The van der Waals surface area contributed by atoms with Crippen molar-refractivity contribution in [3.05, 3.63) is 40.4 Å². The molecule has 0 bridgehead atoms. The first-order chi connectivity index (χ1) is 13.3. The molecule has 0 saturated carbocycles. The van der Waals surface area contributed by atoms with E-state index >= 15 is 0 Å². The first kappa shape index (κ1) is 20.6. The Morgan fingerprint density at radius 1 is 1.21 bits per heavy atom. The van der Waals surface area contributed by atoms with Crippen LogP contribution in [0.2, 0.25) is 0 Å². The van der Waals surface area contributed by atoms with E-state index in [0.717, 1.165) is 25.0 Å². The topological polar surface area (TPSA) is 96.4 Å². The van der Waals surface area contributed by atoms with Crippen LogP contribution in [0.5, 0.6) is 0 Å². The van der Waals surface area contributed by atoms with Crippen LogP contribution in [0.4, 0.5) is 5.13 Å². The lowest BCUT2D eigenvalue weighted by atomic mass is 10.2. The molecule has 0 saturated heterocycles. The molecular formula is C19H23N3O4S2. The van der Waals surface area contributed by atoms with E-state index in [2.05, 4.69) is 10.3 Å². The number of ketones is 1. The highest BCUT2D eigenvalue weighted by Gasteiger charge is 2.21. The van der Waals surface area contributed by atoms with E-state index in [0.29, 0.717) is 17.1 Å². The number of Topliss-reactive ketones (excluding diaryl/α,β-unsaturated/α-hetero) is 1. The molecule has 0 spiro atoms. The van der Waals surface area contributed by atoms with E-state index in [1.165, 1.54) is 58.8 Å². The highest BCUT2D eigenvalue weighted by Crippen LogP contribution is 2.30. The molecule has 0 fully saturated rings. The molecule has 1 aliphatic carbocycles. The Bertz CT molecular complexity index is 960. The van der Waals surface area contributed by atoms with Gasteiger partial charge in [-0.05, 0) is 44.7 Å². The number of aromatic nitrogens is 1. The van der Waals surface area contributed by atoms with Gasteiger partial charge in [0.2, 0.25) is 15.9 Å². The van der Waals surface area contributed by atoms with E-state index in [9.17, 15) is 18.0 Å². The standard InChI is InChI=1S/C19H23N3O4S2/c1-13(23)14-8-10-15(11-9-14)28(25,26)22(2)12-4-7-18(24)21-19-20-16-5-3-6-17(16)27-19/h8-11H,3-7,12H2,1-2H3,(H,20,21,24). The van der Waals surface area contributed by atoms with Crippen molar-refractivity contribution >= 4 is 38.2 Å². The fourth-order valence-corrected chi connectivity index (χ4v) is 5.33. The maximum Gasteiger partial charge on any atom is 0.242 e. The van der Waals surface area contributed by atoms with Crippen molar-refractivity contribution in [3.8, 4) is 0 Å². The molecule has 150 valence electrons. The second kappa shape index (κ2) is 8.50. The van der Waals surface area contributed by atoms with Crippen molar-refractivity contribution in [2.24, 2.45) is 0 Å². The van der Waals surface area contributed by atoms with Gasteiger partial charge in [0.15, 0.2) is 10.9 Å². The summed E-state index contributed by atoms with van der Waals surface area (Å²) < 4.78 is 26.4. The molecule has 1 heterocycles. The van der Waals surface area contributed by atoms with Gasteiger partial charge < -0.3 is 5.32 Å². The molecule has 7 nitrogen and oxygen atoms in total. The third-order valence-electron chi connectivity index (χ3n) is 4.69. The van der Waals surface area contributed by atoms with Crippen molar-refractivity contribution in [3.63, 3.8) is 0 Å². The number of carbonyl (C=O) groups excluding carboxylic acids is 2. The summed E-state index contributed by atoms with van der Waals surface area (Å²) in [6.07, 6.45) is 3.74. The predicted octanol–water partition coefficient (Wildman–Crippen LogP) is 2.87. The molecule has 0 aliphatic heterocycles. The van der Waals surface area contributed by atoms with Crippen LogP contribution in [0.1, 0.15) is 47.1 Å². The van der Waals surface area contributed by atoms with Gasteiger partial charge in [-0.3, -0.25) is 9.59 Å². The smallest absolute Gasteiger partial charge is 0.242 e. The Morgan fingerprint density at radius 3 is 2.57 bits per heavy atom. The van der Waals surface area contributed by atoms with Crippen molar-refractivity contribution < 1.29 is 18.0 Å². The lowest BCUT2D eigenvalue weighted by Crippen LogP contribution is -2.28. The predicted molar refractivity (Wildman–Crippen MR) is 108 cm³/mol. The number of anilines is 1. The summed E-state index contributed by atoms with van der Waals surface area (Å²) in [5, 5.41) is 3.43. The van der Waals surface area contributed by atoms with Gasteiger partial charge in [-0.15, -0.1) is 11.3 Å². The molecule has 3 rings (SSSR count). The van der Waals surface area contributed by atoms with E-state index in [1.807, 2.05) is 0 Å². The normalized spacial score (nSPS) is 13.5. The van der Waals surface area contributed by atoms with Gasteiger partial charge in [0, 0.05) is 30.5 Å². The molecule has 9 heteroatoms. The van der Waals surface area contributed by atoms with Crippen molar-refractivity contribution in [2.45, 2.75) is 43.9 Å². The zero-order valence-corrected chi connectivity index (χ0v) is 17.5. The van der Waals surface area contributed by atoms with E-state index in [1.54, 1.807) is 0 Å². The number of sulfonamides is 1. The van der Waals surface area contributed by atoms with Gasteiger partial charge in [0.1, 0.15) is 0 Å². The van der Waals surface area contributed by atoms with Gasteiger partial charge >= 0.3 is 0 Å². The van der Waals surface area contributed by atoms with Gasteiger partial charge in [-0.1, -0.05) is 12.1 Å². The van der Waals surface area contributed by atoms with Crippen LogP contribution in [0.15, 0.2) is 29.2 Å². The Labute approximate surface area is 168 Å². The van der Waals surface area contributed by atoms with Gasteiger partial charge in [-0.25, -0.2) is 17.7 Å². The van der Waals surface area contributed by atoms with Gasteiger partial charge in [-0.2, -0.15) is 0 Å². The summed E-state index contributed by atoms with van der Waals surface area (Å²) in [6, 6.07) is 5.86. The quantitative estimate of drug-likeness (QED) is 0.661. The molecule has 0 unspecified atom stereocenters. The Hall–Kier alpha value is -2.10. The number of nitrogens with one attached hydrogen (secondary N) is 1. The minimum atomic E-state index is -3.66. The molecule has 28 heavy (non-hydrogen) atoms. The fraction of sp³-hybridized carbons (Fsp3) is 0.421. The Kier molecular flexibility index (Phi) is 6.26. The number of rotatable bonds is 8. The minimum absolute atomic E-state index is 0.117. The van der Waals surface area contributed by atoms with Crippen LogP contribution in [-0.4, -0.2) is 43.0 Å². The molecule has 1 aliphatic rings. The Morgan fingerprint density at radius 2 is 1.93 bits per heavy atom. The summed E-state index contributed by atoms with van der Waals surface area (Å²) >= 11 is 1.52. The lowest BCUT2D eigenvalue weighted by Gasteiger charge is -2.17. The van der Waals surface area contributed by atoms with E-state index < -0.39 is 10.0 Å². The average Bonchev–Trinajstić information content (AvgIpc) is 3.23. The molecule has 1 N–H and O–H groups in total. The van der Waals surface area contributed by atoms with E-state index in [-0.39, 0.29) is 29.6 Å². The monoisotopic (exact) mass is 421 g/mol. The van der Waals surface area contributed by atoms with Crippen LogP contribution in [0, 0.1) is 0 Å². The highest BCUT2D eigenvalue weighted by atomic mass is 32.2. The number of amides is 1. The molecule has 1 aromatic carbocycles. The van der Waals surface area contributed by atoms with Crippen molar-refractivity contribution in [2.75, 3.05) is 18.9 Å². The molecule has 1 amide bonds. The van der Waals surface area contributed by atoms with E-state index in [4.69, 9.17) is 0 Å². The SMILES string of the molecule is CC(=O)c1ccc(S(=O)(=O)N(C)CCCC(=O)Nc2nc3c(s2)CCC3)cc1. The summed E-state index contributed by atoms with van der Waals surface area (Å²) in [6.45, 7) is 1.65. The van der Waals surface area contributed by atoms with Crippen molar-refractivity contribution in [1.82, 2.24) is 9.29 Å². The van der Waals surface area contributed by atoms with Gasteiger partial charge in [0.25, 0.3) is 0 Å². The first-order valence-corrected chi connectivity index (χ1v) is 11.4. The summed E-state index contributed by atoms with van der Waals surface area (Å²) in [4.78, 5) is 29.2. The maximum absolute atomic E-state index is 12.6. The maximum atomic E-state index is 12.6. The molecule has 2 aromatic rings. The first-order valence-electron chi connectivity index (χ1n) is 9.13. The molecule has 1 aromatic heterocycles. The summed E-state index contributed by atoms with van der Waals surface area (Å²) in [7, 11) is -2.17. The lowest BCUT2D eigenvalue weighted by molar-refractivity contribution is -0.116. The number of aryl methyl sites for hydroxylation is 2. The van der Waals surface area contributed by atoms with Crippen LogP contribution in [0.25, 0.3) is 0 Å². The van der Waals surface area contributed by atoms with Crippen LogP contribution >= 0.6 is 11.3 Å². The molecule has 0 radical (unpaired) electrons. The number of benzene rings is 1. The number of nitrogens with zero attached hydrogens (tertiary/aromatic N) is 2. The van der Waals surface area contributed by atoms with Gasteiger partial charge in [0.05, 0.1) is 10.6 Å². The molecular weight excluding hydrogens is 398 g/mol. The number of thiazole rings is 1. The second-order valence-electron chi connectivity index (χ2n) is 6.80. The minimum Gasteiger partial charge on any atom is -0.302 e.